The SMILES string of the molecule is C#CC(C)Nc1ccc(Cl)c2cccnc12. The molecule has 0 radical (unpaired) electrons. The Morgan fingerprint density at radius 2 is 2.25 bits per heavy atom. The summed E-state index contributed by atoms with van der Waals surface area (Å²) in [6.45, 7) is 1.92. The van der Waals surface area contributed by atoms with E-state index in [1.165, 1.54) is 0 Å². The Balaban J connectivity index is 2.55. The summed E-state index contributed by atoms with van der Waals surface area (Å²) in [6, 6.07) is 7.51. The molecule has 0 saturated heterocycles. The zero-order valence-corrected chi connectivity index (χ0v) is 9.62. The molecule has 1 heterocycles. The summed E-state index contributed by atoms with van der Waals surface area (Å²) in [4.78, 5) is 4.31. The number of halogens is 1. The molecule has 0 spiro atoms. The fraction of sp³-hybridized carbons (Fsp3) is 0.154. The number of anilines is 1. The normalized spacial score (nSPS) is 12.1. The van der Waals surface area contributed by atoms with Gasteiger partial charge in [-0.05, 0) is 31.2 Å². The van der Waals surface area contributed by atoms with Crippen LogP contribution in [0.1, 0.15) is 6.92 Å². The number of aromatic nitrogens is 1. The molecule has 16 heavy (non-hydrogen) atoms. The molecule has 0 saturated carbocycles. The van der Waals surface area contributed by atoms with E-state index >= 15 is 0 Å². The molecule has 80 valence electrons. The van der Waals surface area contributed by atoms with E-state index < -0.39 is 0 Å². The Kier molecular flexibility index (Phi) is 2.98. The largest absolute Gasteiger partial charge is 0.370 e. The Hall–Kier alpha value is -1.72. The summed E-state index contributed by atoms with van der Waals surface area (Å²) in [5.74, 6) is 2.62. The number of fused-ring (bicyclic) bond motifs is 1. The van der Waals surface area contributed by atoms with Gasteiger partial charge in [0.1, 0.15) is 0 Å². The lowest BCUT2D eigenvalue weighted by Gasteiger charge is -2.12. The van der Waals surface area contributed by atoms with E-state index in [2.05, 4.69) is 16.2 Å². The Labute approximate surface area is 99.6 Å². The highest BCUT2D eigenvalue weighted by Gasteiger charge is 2.06. The van der Waals surface area contributed by atoms with Crippen LogP contribution in [-0.2, 0) is 0 Å². The molecular weight excluding hydrogens is 220 g/mol. The number of nitrogens with zero attached hydrogens (tertiary/aromatic N) is 1. The lowest BCUT2D eigenvalue weighted by molar-refractivity contribution is 1.04. The molecule has 1 aromatic carbocycles. The highest BCUT2D eigenvalue weighted by molar-refractivity contribution is 6.35. The van der Waals surface area contributed by atoms with Crippen LogP contribution in [0.2, 0.25) is 5.02 Å². The molecule has 2 aromatic rings. The zero-order chi connectivity index (χ0) is 11.5. The van der Waals surface area contributed by atoms with Crippen molar-refractivity contribution in [2.45, 2.75) is 13.0 Å². The highest BCUT2D eigenvalue weighted by atomic mass is 35.5. The number of nitrogens with one attached hydrogen (secondary N) is 1. The van der Waals surface area contributed by atoms with Gasteiger partial charge in [0.05, 0.1) is 22.3 Å². The van der Waals surface area contributed by atoms with Crippen LogP contribution in [-0.4, -0.2) is 11.0 Å². The van der Waals surface area contributed by atoms with E-state index in [4.69, 9.17) is 18.0 Å². The minimum atomic E-state index is -0.0358. The average Bonchev–Trinajstić information content (AvgIpc) is 2.33. The van der Waals surface area contributed by atoms with Crippen molar-refractivity contribution in [2.75, 3.05) is 5.32 Å². The van der Waals surface area contributed by atoms with Crippen molar-refractivity contribution in [2.24, 2.45) is 0 Å². The maximum atomic E-state index is 6.09. The maximum Gasteiger partial charge on any atom is 0.0948 e. The maximum absolute atomic E-state index is 6.09. The van der Waals surface area contributed by atoms with Gasteiger partial charge in [-0.15, -0.1) is 6.42 Å². The lowest BCUT2D eigenvalue weighted by atomic mass is 10.2. The second-order valence-corrected chi connectivity index (χ2v) is 3.93. The monoisotopic (exact) mass is 230 g/mol. The van der Waals surface area contributed by atoms with Crippen LogP contribution in [0.25, 0.3) is 10.9 Å². The predicted octanol–water partition coefficient (Wildman–Crippen LogP) is 3.32. The summed E-state index contributed by atoms with van der Waals surface area (Å²) in [5, 5.41) is 4.83. The first-order chi connectivity index (χ1) is 7.72. The quantitative estimate of drug-likeness (QED) is 0.801. The van der Waals surface area contributed by atoms with Crippen LogP contribution in [0.3, 0.4) is 0 Å². The average molecular weight is 231 g/mol. The molecule has 0 bridgehead atoms. The van der Waals surface area contributed by atoms with Gasteiger partial charge in [0.25, 0.3) is 0 Å². The topological polar surface area (TPSA) is 24.9 Å². The van der Waals surface area contributed by atoms with Crippen LogP contribution in [0.4, 0.5) is 5.69 Å². The number of rotatable bonds is 2. The van der Waals surface area contributed by atoms with E-state index in [-0.39, 0.29) is 6.04 Å². The summed E-state index contributed by atoms with van der Waals surface area (Å²) in [5.41, 5.74) is 1.75. The minimum absolute atomic E-state index is 0.0358. The van der Waals surface area contributed by atoms with Crippen LogP contribution in [0.5, 0.6) is 0 Å². The van der Waals surface area contributed by atoms with Crippen molar-refractivity contribution in [1.29, 1.82) is 0 Å². The molecular formula is C13H11ClN2. The molecule has 0 aliphatic carbocycles. The molecule has 0 fully saturated rings. The molecule has 2 nitrogen and oxygen atoms in total. The molecule has 0 aliphatic rings. The van der Waals surface area contributed by atoms with Gasteiger partial charge < -0.3 is 5.32 Å². The molecule has 1 unspecified atom stereocenters. The van der Waals surface area contributed by atoms with Gasteiger partial charge >= 0.3 is 0 Å². The lowest BCUT2D eigenvalue weighted by Crippen LogP contribution is -2.12. The van der Waals surface area contributed by atoms with E-state index in [1.807, 2.05) is 31.2 Å². The van der Waals surface area contributed by atoms with Crippen molar-refractivity contribution < 1.29 is 0 Å². The third kappa shape index (κ3) is 1.95. The van der Waals surface area contributed by atoms with Gasteiger partial charge in [-0.3, -0.25) is 4.98 Å². The van der Waals surface area contributed by atoms with Crippen LogP contribution in [0, 0.1) is 12.3 Å². The minimum Gasteiger partial charge on any atom is -0.370 e. The smallest absolute Gasteiger partial charge is 0.0948 e. The standard InChI is InChI=1S/C13H11ClN2/c1-3-9(2)16-12-7-6-11(14)10-5-4-8-15-13(10)12/h1,4-9,16H,2H3. The summed E-state index contributed by atoms with van der Waals surface area (Å²) < 4.78 is 0. The van der Waals surface area contributed by atoms with Crippen LogP contribution >= 0.6 is 11.6 Å². The highest BCUT2D eigenvalue weighted by Crippen LogP contribution is 2.28. The number of pyridine rings is 1. The van der Waals surface area contributed by atoms with Gasteiger partial charge in [0.2, 0.25) is 0 Å². The first-order valence-electron chi connectivity index (χ1n) is 4.98. The second-order valence-electron chi connectivity index (χ2n) is 3.53. The van der Waals surface area contributed by atoms with Crippen molar-refractivity contribution >= 4 is 28.2 Å². The Morgan fingerprint density at radius 3 is 3.00 bits per heavy atom. The second kappa shape index (κ2) is 4.42. The molecule has 0 amide bonds. The Bertz CT molecular complexity index is 557. The van der Waals surface area contributed by atoms with Gasteiger partial charge in [-0.2, -0.15) is 0 Å². The number of benzene rings is 1. The third-order valence-electron chi connectivity index (χ3n) is 2.34. The molecule has 1 atom stereocenters. The van der Waals surface area contributed by atoms with Crippen molar-refractivity contribution in [3.63, 3.8) is 0 Å². The summed E-state index contributed by atoms with van der Waals surface area (Å²) in [7, 11) is 0. The van der Waals surface area contributed by atoms with Gasteiger partial charge in [-0.25, -0.2) is 0 Å². The van der Waals surface area contributed by atoms with Gasteiger partial charge in [0, 0.05) is 11.6 Å². The molecule has 3 heteroatoms. The predicted molar refractivity (Wildman–Crippen MR) is 68.7 cm³/mol. The molecule has 2 rings (SSSR count). The molecule has 0 aliphatic heterocycles. The van der Waals surface area contributed by atoms with Gasteiger partial charge in [0.15, 0.2) is 0 Å². The zero-order valence-electron chi connectivity index (χ0n) is 8.87. The van der Waals surface area contributed by atoms with E-state index in [9.17, 15) is 0 Å². The first kappa shape index (κ1) is 10.8. The van der Waals surface area contributed by atoms with Crippen molar-refractivity contribution in [3.8, 4) is 12.3 Å². The first-order valence-corrected chi connectivity index (χ1v) is 5.36. The number of hydrogen-bond donors (Lipinski definition) is 1. The van der Waals surface area contributed by atoms with E-state index in [1.54, 1.807) is 6.20 Å². The third-order valence-corrected chi connectivity index (χ3v) is 2.67. The summed E-state index contributed by atoms with van der Waals surface area (Å²) in [6.07, 6.45) is 7.08. The number of terminal acetylenes is 1. The van der Waals surface area contributed by atoms with Crippen molar-refractivity contribution in [1.82, 2.24) is 4.98 Å². The Morgan fingerprint density at radius 1 is 1.44 bits per heavy atom. The fourth-order valence-electron chi connectivity index (χ4n) is 1.53. The van der Waals surface area contributed by atoms with Gasteiger partial charge in [-0.1, -0.05) is 17.5 Å². The van der Waals surface area contributed by atoms with Crippen LogP contribution in [0.15, 0.2) is 30.5 Å². The fourth-order valence-corrected chi connectivity index (χ4v) is 1.74. The number of hydrogen-bond acceptors (Lipinski definition) is 2. The molecule has 1 aromatic heterocycles. The van der Waals surface area contributed by atoms with E-state index in [0.717, 1.165) is 16.6 Å². The van der Waals surface area contributed by atoms with E-state index in [0.29, 0.717) is 5.02 Å². The van der Waals surface area contributed by atoms with Crippen LogP contribution < -0.4 is 5.32 Å². The summed E-state index contributed by atoms with van der Waals surface area (Å²) >= 11 is 6.09. The van der Waals surface area contributed by atoms with Crippen molar-refractivity contribution in [3.05, 3.63) is 35.5 Å². The molecule has 1 N–H and O–H groups in total.